The standard InChI is InChI=1S/C15H33NO3Si/c1-8-11-15(17-5)13(16-14(2,3)4)10-9-12-20(15,18-6)19-7/h13,16H,8-12H2,1-7H3. The molecule has 1 heterocycles. The molecule has 0 aromatic carbocycles. The van der Waals surface area contributed by atoms with Gasteiger partial charge in [-0.2, -0.15) is 0 Å². The van der Waals surface area contributed by atoms with E-state index in [1.807, 2.05) is 7.11 Å². The fraction of sp³-hybridized carbons (Fsp3) is 1.00. The van der Waals surface area contributed by atoms with Gasteiger partial charge in [0.2, 0.25) is 0 Å². The van der Waals surface area contributed by atoms with Gasteiger partial charge in [0.05, 0.1) is 0 Å². The molecular weight excluding hydrogens is 270 g/mol. The zero-order valence-corrected chi connectivity index (χ0v) is 15.3. The van der Waals surface area contributed by atoms with Gasteiger partial charge in [-0.05, 0) is 46.1 Å². The van der Waals surface area contributed by atoms with Crippen molar-refractivity contribution < 1.29 is 13.6 Å². The first-order valence-corrected chi connectivity index (χ1v) is 9.76. The molecule has 0 bridgehead atoms. The normalized spacial score (nSPS) is 30.4. The van der Waals surface area contributed by atoms with Gasteiger partial charge in [0.25, 0.3) is 0 Å². The summed E-state index contributed by atoms with van der Waals surface area (Å²) in [6.45, 7) is 8.82. The molecule has 1 N–H and O–H groups in total. The van der Waals surface area contributed by atoms with E-state index < -0.39 is 8.56 Å². The first-order chi connectivity index (χ1) is 9.30. The third-order valence-electron chi connectivity index (χ3n) is 4.46. The molecular formula is C15H33NO3Si. The van der Waals surface area contributed by atoms with Gasteiger partial charge < -0.3 is 18.9 Å². The van der Waals surface area contributed by atoms with Crippen LogP contribution in [0.5, 0.6) is 0 Å². The monoisotopic (exact) mass is 303 g/mol. The predicted octanol–water partition coefficient (Wildman–Crippen LogP) is 3.00. The van der Waals surface area contributed by atoms with Crippen LogP contribution in [-0.2, 0) is 13.6 Å². The summed E-state index contributed by atoms with van der Waals surface area (Å²) in [6, 6.07) is 1.30. The molecule has 0 aromatic rings. The number of nitrogens with one attached hydrogen (secondary N) is 1. The van der Waals surface area contributed by atoms with Gasteiger partial charge in [0.1, 0.15) is 5.22 Å². The second-order valence-corrected chi connectivity index (χ2v) is 10.5. The van der Waals surface area contributed by atoms with Crippen molar-refractivity contribution in [2.24, 2.45) is 0 Å². The lowest BCUT2D eigenvalue weighted by atomic mass is 9.96. The van der Waals surface area contributed by atoms with Gasteiger partial charge in [-0.25, -0.2) is 0 Å². The second kappa shape index (κ2) is 6.88. The van der Waals surface area contributed by atoms with Crippen LogP contribution in [0, 0.1) is 0 Å². The largest absolute Gasteiger partial charge is 0.396 e. The van der Waals surface area contributed by atoms with Crippen molar-refractivity contribution in [2.45, 2.75) is 76.2 Å². The molecule has 0 saturated carbocycles. The van der Waals surface area contributed by atoms with Crippen molar-refractivity contribution in [3.63, 3.8) is 0 Å². The highest BCUT2D eigenvalue weighted by Gasteiger charge is 2.63. The van der Waals surface area contributed by atoms with E-state index >= 15 is 0 Å². The van der Waals surface area contributed by atoms with Crippen LogP contribution < -0.4 is 5.32 Å². The van der Waals surface area contributed by atoms with Crippen molar-refractivity contribution in [1.29, 1.82) is 0 Å². The Labute approximate surface area is 125 Å². The Hall–Kier alpha value is 0.0569. The lowest BCUT2D eigenvalue weighted by Crippen LogP contribution is -2.74. The lowest BCUT2D eigenvalue weighted by Gasteiger charge is -2.53. The summed E-state index contributed by atoms with van der Waals surface area (Å²) in [5, 5.41) is 3.45. The molecule has 1 rings (SSSR count). The third-order valence-corrected chi connectivity index (χ3v) is 8.88. The van der Waals surface area contributed by atoms with Crippen molar-refractivity contribution in [3.05, 3.63) is 0 Å². The average Bonchev–Trinajstić information content (AvgIpc) is 2.39. The smallest absolute Gasteiger partial charge is 0.372 e. The lowest BCUT2D eigenvalue weighted by molar-refractivity contribution is -0.0427. The fourth-order valence-electron chi connectivity index (χ4n) is 3.73. The zero-order valence-electron chi connectivity index (χ0n) is 14.3. The molecule has 2 atom stereocenters. The van der Waals surface area contributed by atoms with E-state index in [4.69, 9.17) is 13.6 Å². The first kappa shape index (κ1) is 18.1. The minimum absolute atomic E-state index is 0.0567. The van der Waals surface area contributed by atoms with Gasteiger partial charge in [0.15, 0.2) is 0 Å². The highest BCUT2D eigenvalue weighted by molar-refractivity contribution is 6.71. The van der Waals surface area contributed by atoms with Gasteiger partial charge in [0, 0.05) is 32.9 Å². The molecule has 5 heteroatoms. The van der Waals surface area contributed by atoms with Crippen molar-refractivity contribution in [2.75, 3.05) is 21.3 Å². The SMILES string of the molecule is CCCC1(OC)C(NC(C)(C)C)CCC[Si]1(OC)OC. The second-order valence-electron chi connectivity index (χ2n) is 6.84. The third kappa shape index (κ3) is 3.27. The average molecular weight is 304 g/mol. The van der Waals surface area contributed by atoms with Gasteiger partial charge >= 0.3 is 8.56 Å². The topological polar surface area (TPSA) is 39.7 Å². The number of hydrogen-bond acceptors (Lipinski definition) is 4. The summed E-state index contributed by atoms with van der Waals surface area (Å²) in [7, 11) is 3.02. The predicted molar refractivity (Wildman–Crippen MR) is 85.1 cm³/mol. The fourth-order valence-corrected chi connectivity index (χ4v) is 7.78. The van der Waals surface area contributed by atoms with Gasteiger partial charge in [-0.3, -0.25) is 0 Å². The van der Waals surface area contributed by atoms with E-state index in [9.17, 15) is 0 Å². The molecule has 1 aliphatic rings. The van der Waals surface area contributed by atoms with E-state index in [1.165, 1.54) is 0 Å². The molecule has 0 radical (unpaired) electrons. The number of ether oxygens (including phenoxy) is 1. The summed E-state index contributed by atoms with van der Waals surface area (Å²) >= 11 is 0. The summed E-state index contributed by atoms with van der Waals surface area (Å²) in [4.78, 5) is 0. The quantitative estimate of drug-likeness (QED) is 0.766. The molecule has 20 heavy (non-hydrogen) atoms. The van der Waals surface area contributed by atoms with Crippen LogP contribution in [0.25, 0.3) is 0 Å². The highest BCUT2D eigenvalue weighted by Crippen LogP contribution is 2.43. The van der Waals surface area contributed by atoms with Crippen LogP contribution in [0.3, 0.4) is 0 Å². The molecule has 0 aliphatic carbocycles. The summed E-state index contributed by atoms with van der Waals surface area (Å²) in [5.41, 5.74) is 0.0567. The molecule has 0 amide bonds. The molecule has 1 saturated heterocycles. The number of methoxy groups -OCH3 is 1. The molecule has 1 aliphatic heterocycles. The van der Waals surface area contributed by atoms with Crippen molar-refractivity contribution in [1.82, 2.24) is 5.32 Å². The van der Waals surface area contributed by atoms with Crippen LogP contribution >= 0.6 is 0 Å². The van der Waals surface area contributed by atoms with Crippen LogP contribution in [0.1, 0.15) is 53.4 Å². The Morgan fingerprint density at radius 3 is 2.20 bits per heavy atom. The Bertz CT molecular complexity index is 302. The van der Waals surface area contributed by atoms with Crippen LogP contribution in [0.15, 0.2) is 0 Å². The Balaban J connectivity index is 3.20. The van der Waals surface area contributed by atoms with Crippen molar-refractivity contribution >= 4 is 8.56 Å². The molecule has 120 valence electrons. The van der Waals surface area contributed by atoms with Gasteiger partial charge in [-0.1, -0.05) is 13.3 Å². The zero-order chi connectivity index (χ0) is 15.4. The maximum Gasteiger partial charge on any atom is 0.372 e. The van der Waals surface area contributed by atoms with Gasteiger partial charge in [-0.15, -0.1) is 0 Å². The van der Waals surface area contributed by atoms with Crippen molar-refractivity contribution in [3.8, 4) is 0 Å². The Morgan fingerprint density at radius 1 is 1.20 bits per heavy atom. The molecule has 2 unspecified atom stereocenters. The van der Waals surface area contributed by atoms with E-state index in [1.54, 1.807) is 14.2 Å². The summed E-state index contributed by atoms with van der Waals surface area (Å²) < 4.78 is 18.1. The van der Waals surface area contributed by atoms with Crippen LogP contribution in [-0.4, -0.2) is 46.7 Å². The molecule has 1 fully saturated rings. The summed E-state index contributed by atoms with van der Waals surface area (Å²) in [6.07, 6.45) is 4.30. The van der Waals surface area contributed by atoms with Crippen LogP contribution in [0.4, 0.5) is 0 Å². The van der Waals surface area contributed by atoms with E-state index in [0.717, 1.165) is 31.7 Å². The molecule has 4 nitrogen and oxygen atoms in total. The van der Waals surface area contributed by atoms with E-state index in [-0.39, 0.29) is 16.8 Å². The maximum absolute atomic E-state index is 6.12. The van der Waals surface area contributed by atoms with Crippen LogP contribution in [0.2, 0.25) is 6.04 Å². The highest BCUT2D eigenvalue weighted by atomic mass is 28.4. The number of rotatable bonds is 6. The Morgan fingerprint density at radius 2 is 1.80 bits per heavy atom. The molecule has 0 spiro atoms. The Kier molecular flexibility index (Phi) is 6.23. The first-order valence-electron chi connectivity index (χ1n) is 7.74. The van der Waals surface area contributed by atoms with E-state index in [0.29, 0.717) is 0 Å². The minimum atomic E-state index is -2.38. The minimum Gasteiger partial charge on any atom is -0.396 e. The van der Waals surface area contributed by atoms with E-state index in [2.05, 4.69) is 33.0 Å². The maximum atomic E-state index is 6.12. The number of hydrogen-bond donors (Lipinski definition) is 1. The molecule has 0 aromatic heterocycles. The summed E-state index contributed by atoms with van der Waals surface area (Å²) in [5.74, 6) is 0.